The average molecular weight is 290 g/mol. The van der Waals surface area contributed by atoms with E-state index in [1.54, 1.807) is 6.07 Å². The van der Waals surface area contributed by atoms with E-state index in [1.165, 1.54) is 12.3 Å². The standard InChI is InChI=1S/C13H17F3N2O2/c1-12(2)9(5-10(12)19)18-8-3-4-11(17-6-8)20-7-13(14,15)16/h3-4,6,9-10,18-19H,5,7H2,1-2H3. The van der Waals surface area contributed by atoms with Crippen molar-refractivity contribution in [1.29, 1.82) is 0 Å². The van der Waals surface area contributed by atoms with E-state index in [4.69, 9.17) is 0 Å². The van der Waals surface area contributed by atoms with Crippen molar-refractivity contribution in [2.24, 2.45) is 5.41 Å². The zero-order valence-electron chi connectivity index (χ0n) is 11.2. The van der Waals surface area contributed by atoms with Crippen LogP contribution >= 0.6 is 0 Å². The summed E-state index contributed by atoms with van der Waals surface area (Å²) < 4.78 is 40.5. The van der Waals surface area contributed by atoms with Crippen LogP contribution in [-0.4, -0.2) is 35.0 Å². The van der Waals surface area contributed by atoms with Gasteiger partial charge in [-0.3, -0.25) is 0 Å². The van der Waals surface area contributed by atoms with Crippen molar-refractivity contribution < 1.29 is 23.0 Å². The Morgan fingerprint density at radius 3 is 2.60 bits per heavy atom. The van der Waals surface area contributed by atoms with Gasteiger partial charge in [-0.25, -0.2) is 4.98 Å². The van der Waals surface area contributed by atoms with Gasteiger partial charge in [-0.2, -0.15) is 13.2 Å². The van der Waals surface area contributed by atoms with Crippen LogP contribution in [0, 0.1) is 5.41 Å². The molecule has 1 heterocycles. The van der Waals surface area contributed by atoms with Crippen LogP contribution in [0.15, 0.2) is 18.3 Å². The minimum atomic E-state index is -4.37. The molecule has 0 aromatic carbocycles. The minimum Gasteiger partial charge on any atom is -0.468 e. The van der Waals surface area contributed by atoms with Crippen molar-refractivity contribution in [3.8, 4) is 5.88 Å². The second-order valence-electron chi connectivity index (χ2n) is 5.56. The summed E-state index contributed by atoms with van der Waals surface area (Å²) in [5.74, 6) is -0.0687. The molecule has 7 heteroatoms. The van der Waals surface area contributed by atoms with Crippen molar-refractivity contribution in [2.45, 2.75) is 38.6 Å². The predicted octanol–water partition coefficient (Wildman–Crippen LogP) is 2.59. The van der Waals surface area contributed by atoms with E-state index in [0.29, 0.717) is 12.1 Å². The summed E-state index contributed by atoms with van der Waals surface area (Å²) in [6, 6.07) is 3.11. The molecule has 2 atom stereocenters. The summed E-state index contributed by atoms with van der Waals surface area (Å²) in [4.78, 5) is 3.81. The van der Waals surface area contributed by atoms with E-state index in [9.17, 15) is 18.3 Å². The number of hydrogen-bond acceptors (Lipinski definition) is 4. The molecule has 0 radical (unpaired) electrons. The number of pyridine rings is 1. The number of nitrogens with zero attached hydrogens (tertiary/aromatic N) is 1. The Bertz CT molecular complexity index is 460. The summed E-state index contributed by atoms with van der Waals surface area (Å²) in [6.45, 7) is 2.55. The fourth-order valence-corrected chi connectivity index (χ4v) is 2.06. The number of halogens is 3. The first-order chi connectivity index (χ1) is 9.18. The Balaban J connectivity index is 1.89. The molecule has 1 aliphatic carbocycles. The lowest BCUT2D eigenvalue weighted by molar-refractivity contribution is -0.154. The third-order valence-electron chi connectivity index (χ3n) is 3.68. The number of rotatable bonds is 4. The van der Waals surface area contributed by atoms with Crippen LogP contribution in [0.3, 0.4) is 0 Å². The van der Waals surface area contributed by atoms with E-state index in [2.05, 4.69) is 15.0 Å². The molecule has 4 nitrogen and oxygen atoms in total. The number of anilines is 1. The van der Waals surface area contributed by atoms with E-state index in [-0.39, 0.29) is 23.4 Å². The number of alkyl halides is 3. The molecule has 0 aliphatic heterocycles. The Morgan fingerprint density at radius 1 is 1.45 bits per heavy atom. The molecule has 1 aromatic heterocycles. The second-order valence-corrected chi connectivity index (χ2v) is 5.56. The predicted molar refractivity (Wildman–Crippen MR) is 67.6 cm³/mol. The maximum Gasteiger partial charge on any atom is 0.422 e. The molecule has 0 saturated heterocycles. The van der Waals surface area contributed by atoms with Crippen LogP contribution in [0.2, 0.25) is 0 Å². The largest absolute Gasteiger partial charge is 0.468 e. The average Bonchev–Trinajstić information content (AvgIpc) is 2.36. The molecule has 2 unspecified atom stereocenters. The zero-order valence-corrected chi connectivity index (χ0v) is 11.2. The SMILES string of the molecule is CC1(C)C(O)CC1Nc1ccc(OCC(F)(F)F)nc1. The summed E-state index contributed by atoms with van der Waals surface area (Å²) in [7, 11) is 0. The molecule has 2 N–H and O–H groups in total. The Hall–Kier alpha value is -1.50. The highest BCUT2D eigenvalue weighted by molar-refractivity contribution is 5.44. The summed E-state index contributed by atoms with van der Waals surface area (Å²) in [6.07, 6.45) is -2.65. The van der Waals surface area contributed by atoms with Gasteiger partial charge in [0.1, 0.15) is 0 Å². The van der Waals surface area contributed by atoms with Crippen molar-refractivity contribution in [3.63, 3.8) is 0 Å². The molecule has 2 rings (SSSR count). The molecule has 20 heavy (non-hydrogen) atoms. The van der Waals surface area contributed by atoms with E-state index < -0.39 is 12.8 Å². The first-order valence-electron chi connectivity index (χ1n) is 6.29. The molecule has 0 bridgehead atoms. The van der Waals surface area contributed by atoms with Gasteiger partial charge in [0.2, 0.25) is 5.88 Å². The smallest absolute Gasteiger partial charge is 0.422 e. The summed E-state index contributed by atoms with van der Waals surface area (Å²) in [5.41, 5.74) is 0.458. The van der Waals surface area contributed by atoms with Crippen molar-refractivity contribution >= 4 is 5.69 Å². The number of hydrogen-bond donors (Lipinski definition) is 2. The molecule has 1 aromatic rings. The molecule has 0 spiro atoms. The third kappa shape index (κ3) is 3.33. The normalized spacial score (nSPS) is 24.9. The lowest BCUT2D eigenvalue weighted by Gasteiger charge is -2.49. The first-order valence-corrected chi connectivity index (χ1v) is 6.29. The van der Waals surface area contributed by atoms with Crippen LogP contribution in [-0.2, 0) is 0 Å². The van der Waals surface area contributed by atoms with Gasteiger partial charge in [-0.1, -0.05) is 13.8 Å². The lowest BCUT2D eigenvalue weighted by atomic mass is 9.64. The molecule has 1 aliphatic rings. The number of ether oxygens (including phenoxy) is 1. The van der Waals surface area contributed by atoms with Gasteiger partial charge >= 0.3 is 6.18 Å². The highest BCUT2D eigenvalue weighted by Crippen LogP contribution is 2.42. The Kier molecular flexibility index (Phi) is 3.82. The Morgan fingerprint density at radius 2 is 2.15 bits per heavy atom. The second kappa shape index (κ2) is 5.12. The monoisotopic (exact) mass is 290 g/mol. The van der Waals surface area contributed by atoms with Crippen molar-refractivity contribution in [2.75, 3.05) is 11.9 Å². The highest BCUT2D eigenvalue weighted by Gasteiger charge is 2.47. The van der Waals surface area contributed by atoms with Gasteiger partial charge in [0.25, 0.3) is 0 Å². The van der Waals surface area contributed by atoms with Gasteiger partial charge in [-0.05, 0) is 12.5 Å². The van der Waals surface area contributed by atoms with E-state index in [1.807, 2.05) is 13.8 Å². The number of aliphatic hydroxyl groups excluding tert-OH is 1. The van der Waals surface area contributed by atoms with Crippen molar-refractivity contribution in [3.05, 3.63) is 18.3 Å². The van der Waals surface area contributed by atoms with Crippen molar-refractivity contribution in [1.82, 2.24) is 4.98 Å². The van der Waals surface area contributed by atoms with E-state index in [0.717, 1.165) is 0 Å². The van der Waals surface area contributed by atoms with Crippen LogP contribution in [0.4, 0.5) is 18.9 Å². The third-order valence-corrected chi connectivity index (χ3v) is 3.68. The maximum atomic E-state index is 12.0. The first kappa shape index (κ1) is 14.9. The molecule has 1 saturated carbocycles. The molecular weight excluding hydrogens is 273 g/mol. The Labute approximate surface area is 115 Å². The van der Waals surface area contributed by atoms with Gasteiger partial charge in [-0.15, -0.1) is 0 Å². The number of aliphatic hydroxyl groups is 1. The molecule has 1 fully saturated rings. The fourth-order valence-electron chi connectivity index (χ4n) is 2.06. The number of nitrogens with one attached hydrogen (secondary N) is 1. The van der Waals surface area contributed by atoms with Gasteiger partial charge in [0.15, 0.2) is 6.61 Å². The van der Waals surface area contributed by atoms with Crippen LogP contribution in [0.25, 0.3) is 0 Å². The molecule has 0 amide bonds. The lowest BCUT2D eigenvalue weighted by Crippen LogP contribution is -2.56. The number of aromatic nitrogens is 1. The quantitative estimate of drug-likeness (QED) is 0.895. The maximum absolute atomic E-state index is 12.0. The van der Waals surface area contributed by atoms with Gasteiger partial charge in [0, 0.05) is 17.5 Å². The summed E-state index contributed by atoms with van der Waals surface area (Å²) in [5, 5.41) is 12.8. The minimum absolute atomic E-state index is 0.0687. The van der Waals surface area contributed by atoms with Crippen LogP contribution in [0.5, 0.6) is 5.88 Å². The van der Waals surface area contributed by atoms with Gasteiger partial charge < -0.3 is 15.2 Å². The van der Waals surface area contributed by atoms with E-state index >= 15 is 0 Å². The molecular formula is C13H17F3N2O2. The molecule has 112 valence electrons. The highest BCUT2D eigenvalue weighted by atomic mass is 19.4. The van der Waals surface area contributed by atoms with Gasteiger partial charge in [0.05, 0.1) is 18.0 Å². The van der Waals surface area contributed by atoms with Crippen LogP contribution in [0.1, 0.15) is 20.3 Å². The van der Waals surface area contributed by atoms with Crippen LogP contribution < -0.4 is 10.1 Å². The summed E-state index contributed by atoms with van der Waals surface area (Å²) >= 11 is 0. The topological polar surface area (TPSA) is 54.4 Å². The fraction of sp³-hybridized carbons (Fsp3) is 0.615. The zero-order chi connectivity index (χ0) is 15.0.